The van der Waals surface area contributed by atoms with Crippen LogP contribution < -0.4 is 33.2 Å². The standard InChI is InChI=1S/C24H39N7O5/c1-14(2)12-18(22(34)31-19(23(35)36)13-16-8-5-4-6-9-16)30-20(32)15(3)29-21(33)17(25)10-7-11-28-24(26)27/h4-6,8-9,14-15,17-19H,7,10-13,25H2,1-3H3,(H,29,33)(H,30,32)(H,31,34)(H,35,36)(H4,26,27,28). The molecular formula is C24H39N7O5. The molecule has 4 unspecified atom stereocenters. The van der Waals surface area contributed by atoms with E-state index in [0.29, 0.717) is 19.4 Å². The van der Waals surface area contributed by atoms with Crippen LogP contribution in [-0.4, -0.2) is 65.5 Å². The van der Waals surface area contributed by atoms with E-state index in [9.17, 15) is 24.3 Å². The number of aliphatic carboxylic acids is 1. The van der Waals surface area contributed by atoms with Crippen LogP contribution >= 0.6 is 0 Å². The normalized spacial score (nSPS) is 14.1. The van der Waals surface area contributed by atoms with Gasteiger partial charge in [-0.15, -0.1) is 0 Å². The van der Waals surface area contributed by atoms with Crippen molar-refractivity contribution in [2.75, 3.05) is 6.54 Å². The number of rotatable bonds is 15. The highest BCUT2D eigenvalue weighted by Gasteiger charge is 2.29. The summed E-state index contributed by atoms with van der Waals surface area (Å²) in [7, 11) is 0. The lowest BCUT2D eigenvalue weighted by Crippen LogP contribution is -2.56. The molecular weight excluding hydrogens is 466 g/mol. The first kappa shape index (κ1) is 30.4. The number of amides is 3. The molecule has 0 saturated carbocycles. The van der Waals surface area contributed by atoms with Gasteiger partial charge in [0.1, 0.15) is 18.1 Å². The van der Waals surface area contributed by atoms with Gasteiger partial charge in [0, 0.05) is 13.0 Å². The number of nitrogens with zero attached hydrogens (tertiary/aromatic N) is 1. The number of guanidine groups is 1. The Bertz CT molecular complexity index is 903. The number of carboxylic acid groups (broad SMARTS) is 1. The van der Waals surface area contributed by atoms with Crippen molar-refractivity contribution < 1.29 is 24.3 Å². The van der Waals surface area contributed by atoms with E-state index in [1.54, 1.807) is 24.3 Å². The minimum Gasteiger partial charge on any atom is -0.480 e. The van der Waals surface area contributed by atoms with Crippen molar-refractivity contribution in [1.82, 2.24) is 16.0 Å². The third-order valence-electron chi connectivity index (χ3n) is 5.29. The average Bonchev–Trinajstić information content (AvgIpc) is 2.80. The Balaban J connectivity index is 2.74. The van der Waals surface area contributed by atoms with Crippen LogP contribution in [0.4, 0.5) is 0 Å². The van der Waals surface area contributed by atoms with Gasteiger partial charge in [-0.3, -0.25) is 19.4 Å². The van der Waals surface area contributed by atoms with Crippen LogP contribution in [0.5, 0.6) is 0 Å². The number of hydrogen-bond acceptors (Lipinski definition) is 6. The van der Waals surface area contributed by atoms with Gasteiger partial charge < -0.3 is 38.3 Å². The molecule has 10 N–H and O–H groups in total. The molecule has 12 heteroatoms. The predicted molar refractivity (Wildman–Crippen MR) is 137 cm³/mol. The van der Waals surface area contributed by atoms with E-state index in [1.807, 2.05) is 19.9 Å². The second-order valence-electron chi connectivity index (χ2n) is 9.07. The van der Waals surface area contributed by atoms with Crippen molar-refractivity contribution in [2.45, 2.75) is 70.6 Å². The van der Waals surface area contributed by atoms with Gasteiger partial charge in [-0.1, -0.05) is 44.2 Å². The van der Waals surface area contributed by atoms with Crippen molar-refractivity contribution in [2.24, 2.45) is 28.1 Å². The van der Waals surface area contributed by atoms with E-state index in [4.69, 9.17) is 17.2 Å². The molecule has 36 heavy (non-hydrogen) atoms. The van der Waals surface area contributed by atoms with Crippen molar-refractivity contribution >= 4 is 29.7 Å². The van der Waals surface area contributed by atoms with Crippen LogP contribution in [0.2, 0.25) is 0 Å². The summed E-state index contributed by atoms with van der Waals surface area (Å²) in [5.74, 6) is -2.94. The van der Waals surface area contributed by atoms with Crippen molar-refractivity contribution in [3.63, 3.8) is 0 Å². The third kappa shape index (κ3) is 11.6. The van der Waals surface area contributed by atoms with Gasteiger partial charge in [-0.05, 0) is 37.7 Å². The summed E-state index contributed by atoms with van der Waals surface area (Å²) < 4.78 is 0. The molecule has 4 atom stereocenters. The quantitative estimate of drug-likeness (QED) is 0.0908. The molecule has 0 fully saturated rings. The summed E-state index contributed by atoms with van der Waals surface area (Å²) in [5.41, 5.74) is 17.1. The van der Waals surface area contributed by atoms with E-state index in [1.165, 1.54) is 6.92 Å². The maximum atomic E-state index is 12.9. The fourth-order valence-electron chi connectivity index (χ4n) is 3.36. The van der Waals surface area contributed by atoms with E-state index < -0.39 is 47.9 Å². The first-order chi connectivity index (χ1) is 16.9. The van der Waals surface area contributed by atoms with Gasteiger partial charge in [0.15, 0.2) is 5.96 Å². The number of nitrogens with one attached hydrogen (secondary N) is 3. The summed E-state index contributed by atoms with van der Waals surface area (Å²) >= 11 is 0. The van der Waals surface area contributed by atoms with Crippen LogP contribution in [0.15, 0.2) is 35.3 Å². The maximum Gasteiger partial charge on any atom is 0.326 e. The van der Waals surface area contributed by atoms with Crippen LogP contribution in [-0.2, 0) is 25.6 Å². The Hall–Kier alpha value is -3.67. The summed E-state index contributed by atoms with van der Waals surface area (Å²) in [6.45, 7) is 5.54. The Kier molecular flexibility index (Phi) is 12.9. The van der Waals surface area contributed by atoms with E-state index in [-0.39, 0.29) is 24.7 Å². The SMILES string of the molecule is CC(C)CC(NC(=O)C(C)NC(=O)C(N)CCCN=C(N)N)C(=O)NC(Cc1ccccc1)C(=O)O. The Labute approximate surface area is 211 Å². The fourth-order valence-corrected chi connectivity index (χ4v) is 3.36. The number of carboxylic acids is 1. The first-order valence-corrected chi connectivity index (χ1v) is 11.9. The largest absolute Gasteiger partial charge is 0.480 e. The lowest BCUT2D eigenvalue weighted by Gasteiger charge is -2.25. The minimum absolute atomic E-state index is 0.0296. The minimum atomic E-state index is -1.18. The molecule has 0 bridgehead atoms. The summed E-state index contributed by atoms with van der Waals surface area (Å²) in [4.78, 5) is 53.6. The smallest absolute Gasteiger partial charge is 0.326 e. The monoisotopic (exact) mass is 505 g/mol. The number of benzene rings is 1. The first-order valence-electron chi connectivity index (χ1n) is 11.9. The molecule has 0 radical (unpaired) electrons. The average molecular weight is 506 g/mol. The molecule has 0 aromatic heterocycles. The molecule has 0 heterocycles. The molecule has 1 aromatic rings. The predicted octanol–water partition coefficient (Wildman–Crippen LogP) is -0.785. The Morgan fingerprint density at radius 2 is 1.53 bits per heavy atom. The number of carbonyl (C=O) groups excluding carboxylic acids is 3. The topological polar surface area (TPSA) is 215 Å². The van der Waals surface area contributed by atoms with Crippen LogP contribution in [0.25, 0.3) is 0 Å². The highest BCUT2D eigenvalue weighted by Crippen LogP contribution is 2.08. The summed E-state index contributed by atoms with van der Waals surface area (Å²) in [5, 5.41) is 17.3. The van der Waals surface area contributed by atoms with E-state index in [0.717, 1.165) is 5.56 Å². The lowest BCUT2D eigenvalue weighted by atomic mass is 10.0. The fraction of sp³-hybridized carbons (Fsp3) is 0.542. The molecule has 0 aliphatic heterocycles. The summed E-state index contributed by atoms with van der Waals surface area (Å²) in [6.07, 6.45) is 1.17. The highest BCUT2D eigenvalue weighted by atomic mass is 16.4. The number of carbonyl (C=O) groups is 4. The van der Waals surface area contributed by atoms with E-state index in [2.05, 4.69) is 20.9 Å². The van der Waals surface area contributed by atoms with Crippen molar-refractivity contribution in [1.29, 1.82) is 0 Å². The van der Waals surface area contributed by atoms with Gasteiger partial charge in [0.25, 0.3) is 0 Å². The van der Waals surface area contributed by atoms with E-state index >= 15 is 0 Å². The highest BCUT2D eigenvalue weighted by molar-refractivity contribution is 5.93. The zero-order valence-electron chi connectivity index (χ0n) is 21.1. The zero-order valence-corrected chi connectivity index (χ0v) is 21.1. The molecule has 0 aliphatic carbocycles. The number of aliphatic imine (C=N–C) groups is 1. The lowest BCUT2D eigenvalue weighted by molar-refractivity contribution is -0.142. The maximum absolute atomic E-state index is 12.9. The summed E-state index contributed by atoms with van der Waals surface area (Å²) in [6, 6.07) is 4.93. The Morgan fingerprint density at radius 1 is 0.917 bits per heavy atom. The van der Waals surface area contributed by atoms with Gasteiger partial charge in [0.2, 0.25) is 17.7 Å². The van der Waals surface area contributed by atoms with Crippen LogP contribution in [0.1, 0.15) is 45.6 Å². The molecule has 1 aromatic carbocycles. The van der Waals surface area contributed by atoms with Gasteiger partial charge in [-0.2, -0.15) is 0 Å². The molecule has 0 aliphatic rings. The van der Waals surface area contributed by atoms with Gasteiger partial charge >= 0.3 is 5.97 Å². The molecule has 1 rings (SSSR count). The second kappa shape index (κ2) is 15.4. The molecule has 0 spiro atoms. The molecule has 200 valence electrons. The second-order valence-corrected chi connectivity index (χ2v) is 9.07. The Morgan fingerprint density at radius 3 is 2.08 bits per heavy atom. The van der Waals surface area contributed by atoms with Crippen molar-refractivity contribution in [3.8, 4) is 0 Å². The van der Waals surface area contributed by atoms with Gasteiger partial charge in [-0.25, -0.2) is 4.79 Å². The van der Waals surface area contributed by atoms with Crippen LogP contribution in [0.3, 0.4) is 0 Å². The third-order valence-corrected chi connectivity index (χ3v) is 5.29. The van der Waals surface area contributed by atoms with Crippen LogP contribution in [0, 0.1) is 5.92 Å². The van der Waals surface area contributed by atoms with Gasteiger partial charge in [0.05, 0.1) is 6.04 Å². The molecule has 0 saturated heterocycles. The van der Waals surface area contributed by atoms with Crippen molar-refractivity contribution in [3.05, 3.63) is 35.9 Å². The number of nitrogens with two attached hydrogens (primary N) is 3. The molecule has 3 amide bonds. The molecule has 12 nitrogen and oxygen atoms in total. The zero-order chi connectivity index (χ0) is 27.3. The number of hydrogen-bond donors (Lipinski definition) is 7.